The highest BCUT2D eigenvalue weighted by Crippen LogP contribution is 2.20. The molecule has 1 N–H and O–H groups in total. The maximum Gasteiger partial charge on any atom is 0.192 e. The van der Waals surface area contributed by atoms with Crippen LogP contribution in [0, 0.1) is 6.92 Å². The third-order valence-electron chi connectivity index (χ3n) is 3.81. The first-order chi connectivity index (χ1) is 9.04. The van der Waals surface area contributed by atoms with Crippen molar-refractivity contribution in [2.24, 2.45) is 0 Å². The Kier molecular flexibility index (Phi) is 4.08. The fourth-order valence-corrected chi connectivity index (χ4v) is 2.42. The van der Waals surface area contributed by atoms with E-state index >= 15 is 0 Å². The van der Waals surface area contributed by atoms with E-state index < -0.39 is 0 Å². The number of pyridine rings is 1. The van der Waals surface area contributed by atoms with Gasteiger partial charge in [0.05, 0.1) is 0 Å². The van der Waals surface area contributed by atoms with Crippen molar-refractivity contribution in [3.63, 3.8) is 0 Å². The van der Waals surface area contributed by atoms with E-state index in [1.807, 2.05) is 19.1 Å². The van der Waals surface area contributed by atoms with Crippen molar-refractivity contribution in [2.45, 2.75) is 52.9 Å². The predicted molar refractivity (Wildman–Crippen MR) is 82.0 cm³/mol. The van der Waals surface area contributed by atoms with E-state index in [4.69, 9.17) is 0 Å². The topological polar surface area (TPSA) is 32.9 Å². The summed E-state index contributed by atoms with van der Waals surface area (Å²) in [7, 11) is 0. The molecule has 0 bridgehead atoms. The summed E-state index contributed by atoms with van der Waals surface area (Å²) >= 11 is 0. The van der Waals surface area contributed by atoms with E-state index in [1.54, 1.807) is 0 Å². The van der Waals surface area contributed by atoms with Gasteiger partial charge in [-0.05, 0) is 43.4 Å². The third-order valence-corrected chi connectivity index (χ3v) is 3.81. The molecule has 2 rings (SSSR count). The highest BCUT2D eigenvalue weighted by atomic mass is 16.1. The zero-order valence-corrected chi connectivity index (χ0v) is 12.3. The van der Waals surface area contributed by atoms with Crippen LogP contribution < -0.4 is 5.43 Å². The summed E-state index contributed by atoms with van der Waals surface area (Å²) in [4.78, 5) is 15.9. The highest BCUT2D eigenvalue weighted by Gasteiger charge is 2.09. The number of hydrogen-bond donors (Lipinski definition) is 1. The molecule has 0 unspecified atom stereocenters. The third kappa shape index (κ3) is 2.73. The Morgan fingerprint density at radius 2 is 2.00 bits per heavy atom. The van der Waals surface area contributed by atoms with Gasteiger partial charge in [-0.25, -0.2) is 0 Å². The van der Waals surface area contributed by atoms with Gasteiger partial charge in [-0.2, -0.15) is 0 Å². The van der Waals surface area contributed by atoms with Gasteiger partial charge in [-0.15, -0.1) is 0 Å². The minimum atomic E-state index is 0.183. The molecule has 0 aliphatic heterocycles. The summed E-state index contributed by atoms with van der Waals surface area (Å²) < 4.78 is 0. The number of aromatic amines is 1. The summed E-state index contributed by atoms with van der Waals surface area (Å²) in [5, 5.41) is 0.823. The van der Waals surface area contributed by atoms with Gasteiger partial charge in [0, 0.05) is 22.2 Å². The number of aromatic nitrogens is 1. The largest absolute Gasteiger partial charge is 0.358 e. The molecule has 0 aliphatic rings. The summed E-state index contributed by atoms with van der Waals surface area (Å²) in [6.45, 7) is 8.41. The second-order valence-electron chi connectivity index (χ2n) is 5.62. The van der Waals surface area contributed by atoms with Crippen LogP contribution in [-0.4, -0.2) is 4.98 Å². The summed E-state index contributed by atoms with van der Waals surface area (Å²) in [6.07, 6.45) is 3.22. The van der Waals surface area contributed by atoms with E-state index in [0.29, 0.717) is 5.92 Å². The standard InChI is InChI=1S/C17H23NO/c1-5-6-7-15-12(4)17(19)14-10-13(11(2)3)8-9-16(14)18-15/h8-11H,5-7H2,1-4H3,(H,18,19). The lowest BCUT2D eigenvalue weighted by Crippen LogP contribution is -2.12. The average Bonchev–Trinajstić information content (AvgIpc) is 2.40. The molecule has 0 spiro atoms. The van der Waals surface area contributed by atoms with E-state index in [1.165, 1.54) is 5.56 Å². The molecule has 1 aromatic heterocycles. The first kappa shape index (κ1) is 13.9. The summed E-state index contributed by atoms with van der Waals surface area (Å²) in [5.74, 6) is 0.448. The molecule has 1 heterocycles. The number of rotatable bonds is 4. The SMILES string of the molecule is CCCCc1[nH]c2ccc(C(C)C)cc2c(=O)c1C. The molecule has 2 nitrogen and oxygen atoms in total. The van der Waals surface area contributed by atoms with Crippen molar-refractivity contribution >= 4 is 10.9 Å². The van der Waals surface area contributed by atoms with Gasteiger partial charge >= 0.3 is 0 Å². The van der Waals surface area contributed by atoms with E-state index in [9.17, 15) is 4.79 Å². The average molecular weight is 257 g/mol. The van der Waals surface area contributed by atoms with Crippen LogP contribution >= 0.6 is 0 Å². The number of nitrogens with one attached hydrogen (secondary N) is 1. The van der Waals surface area contributed by atoms with Crippen LogP contribution in [0.1, 0.15) is 56.4 Å². The lowest BCUT2D eigenvalue weighted by atomic mass is 9.99. The van der Waals surface area contributed by atoms with Crippen molar-refractivity contribution in [1.29, 1.82) is 0 Å². The van der Waals surface area contributed by atoms with Gasteiger partial charge in [0.15, 0.2) is 5.43 Å². The molecule has 0 saturated heterocycles. The predicted octanol–water partition coefficient (Wildman–Crippen LogP) is 4.30. The molecule has 1 aromatic carbocycles. The quantitative estimate of drug-likeness (QED) is 0.870. The van der Waals surface area contributed by atoms with E-state index in [2.05, 4.69) is 31.8 Å². The van der Waals surface area contributed by atoms with Crippen LogP contribution in [0.4, 0.5) is 0 Å². The maximum atomic E-state index is 12.5. The van der Waals surface area contributed by atoms with Gasteiger partial charge in [0.1, 0.15) is 0 Å². The monoisotopic (exact) mass is 257 g/mol. The van der Waals surface area contributed by atoms with Gasteiger partial charge in [0.2, 0.25) is 0 Å². The molecule has 2 aromatic rings. The second-order valence-corrected chi connectivity index (χ2v) is 5.62. The van der Waals surface area contributed by atoms with Gasteiger partial charge < -0.3 is 4.98 Å². The first-order valence-corrected chi connectivity index (χ1v) is 7.20. The van der Waals surface area contributed by atoms with Crippen LogP contribution in [0.2, 0.25) is 0 Å². The molecule has 0 saturated carbocycles. The molecule has 0 amide bonds. The Balaban J connectivity index is 2.59. The van der Waals surface area contributed by atoms with Gasteiger partial charge in [-0.1, -0.05) is 33.3 Å². The second kappa shape index (κ2) is 5.60. The van der Waals surface area contributed by atoms with E-state index in [0.717, 1.165) is 41.4 Å². The Labute approximate surface area is 114 Å². The van der Waals surface area contributed by atoms with Gasteiger partial charge in [-0.3, -0.25) is 4.79 Å². The summed E-state index contributed by atoms with van der Waals surface area (Å²) in [5.41, 5.74) is 4.34. The molecule has 102 valence electrons. The highest BCUT2D eigenvalue weighted by molar-refractivity contribution is 5.80. The lowest BCUT2D eigenvalue weighted by Gasteiger charge is -2.10. The number of hydrogen-bond acceptors (Lipinski definition) is 1. The maximum absolute atomic E-state index is 12.5. The number of H-pyrrole nitrogens is 1. The molecule has 0 fully saturated rings. The Morgan fingerprint density at radius 3 is 2.63 bits per heavy atom. The van der Waals surface area contributed by atoms with Crippen molar-refractivity contribution in [2.75, 3.05) is 0 Å². The molecular formula is C17H23NO. The minimum absolute atomic E-state index is 0.183. The molecule has 0 radical (unpaired) electrons. The number of fused-ring (bicyclic) bond motifs is 1. The van der Waals surface area contributed by atoms with Crippen molar-refractivity contribution in [3.05, 3.63) is 45.2 Å². The molecular weight excluding hydrogens is 234 g/mol. The lowest BCUT2D eigenvalue weighted by molar-refractivity contribution is 0.774. The Morgan fingerprint density at radius 1 is 1.26 bits per heavy atom. The van der Waals surface area contributed by atoms with Crippen LogP contribution in [0.3, 0.4) is 0 Å². The normalized spacial score (nSPS) is 11.4. The minimum Gasteiger partial charge on any atom is -0.358 e. The van der Waals surface area contributed by atoms with Crippen LogP contribution in [-0.2, 0) is 6.42 Å². The summed E-state index contributed by atoms with van der Waals surface area (Å²) in [6, 6.07) is 6.19. The molecule has 19 heavy (non-hydrogen) atoms. The van der Waals surface area contributed by atoms with E-state index in [-0.39, 0.29) is 5.43 Å². The number of aryl methyl sites for hydroxylation is 1. The van der Waals surface area contributed by atoms with Crippen molar-refractivity contribution < 1.29 is 0 Å². The zero-order valence-electron chi connectivity index (χ0n) is 12.3. The molecule has 2 heteroatoms. The van der Waals surface area contributed by atoms with Gasteiger partial charge in [0.25, 0.3) is 0 Å². The van der Waals surface area contributed by atoms with Crippen LogP contribution in [0.25, 0.3) is 10.9 Å². The number of unbranched alkanes of at least 4 members (excludes halogenated alkanes) is 1. The fourth-order valence-electron chi connectivity index (χ4n) is 2.42. The molecule has 0 atom stereocenters. The fraction of sp³-hybridized carbons (Fsp3) is 0.471. The first-order valence-electron chi connectivity index (χ1n) is 7.20. The zero-order chi connectivity index (χ0) is 14.0. The Hall–Kier alpha value is -1.57. The van der Waals surface area contributed by atoms with Crippen LogP contribution in [0.5, 0.6) is 0 Å². The van der Waals surface area contributed by atoms with Crippen molar-refractivity contribution in [3.8, 4) is 0 Å². The molecule has 0 aliphatic carbocycles. The number of benzene rings is 1. The van der Waals surface area contributed by atoms with Crippen molar-refractivity contribution in [1.82, 2.24) is 4.98 Å². The smallest absolute Gasteiger partial charge is 0.192 e. The van der Waals surface area contributed by atoms with Crippen LogP contribution in [0.15, 0.2) is 23.0 Å². The Bertz CT molecular complexity index is 637.